The van der Waals surface area contributed by atoms with Gasteiger partial charge in [0.25, 0.3) is 5.91 Å². The number of carbonyl (C=O) groups is 2. The van der Waals surface area contributed by atoms with Crippen LogP contribution in [0.3, 0.4) is 0 Å². The Morgan fingerprint density at radius 1 is 1.19 bits per heavy atom. The molecule has 2 amide bonds. The van der Waals surface area contributed by atoms with Crippen molar-refractivity contribution in [1.29, 1.82) is 0 Å². The molecule has 3 rings (SSSR count). The van der Waals surface area contributed by atoms with Gasteiger partial charge in [-0.15, -0.1) is 0 Å². The normalized spacial score (nSPS) is 11.1. The fourth-order valence-corrected chi connectivity index (χ4v) is 2.54. The van der Waals surface area contributed by atoms with E-state index in [9.17, 15) is 9.59 Å². The average molecular weight is 355 g/mol. The van der Waals surface area contributed by atoms with E-state index in [-0.39, 0.29) is 24.4 Å². The predicted octanol–water partition coefficient (Wildman–Crippen LogP) is 1.07. The van der Waals surface area contributed by atoms with Crippen LogP contribution in [0.4, 0.5) is 0 Å². The van der Waals surface area contributed by atoms with E-state index in [0.717, 1.165) is 5.56 Å². The van der Waals surface area contributed by atoms with E-state index in [4.69, 9.17) is 0 Å². The number of amides is 2. The number of imidazole rings is 1. The van der Waals surface area contributed by atoms with Crippen molar-refractivity contribution in [3.8, 4) is 0 Å². The lowest BCUT2D eigenvalue weighted by Gasteiger charge is -2.10. The lowest BCUT2D eigenvalue weighted by atomic mass is 10.3. The van der Waals surface area contributed by atoms with Crippen LogP contribution in [0.15, 0.2) is 30.7 Å². The van der Waals surface area contributed by atoms with Crippen LogP contribution < -0.4 is 10.6 Å². The summed E-state index contributed by atoms with van der Waals surface area (Å²) < 4.78 is 3.31. The first-order valence-electron chi connectivity index (χ1n) is 8.33. The summed E-state index contributed by atoms with van der Waals surface area (Å²) >= 11 is 0. The molecule has 0 aromatic carbocycles. The molecule has 3 heterocycles. The Balaban J connectivity index is 1.68. The fourth-order valence-electron chi connectivity index (χ4n) is 2.54. The van der Waals surface area contributed by atoms with Crippen LogP contribution in [0.5, 0.6) is 0 Å². The van der Waals surface area contributed by atoms with Gasteiger partial charge in [-0.1, -0.05) is 0 Å². The Labute approximate surface area is 150 Å². The van der Waals surface area contributed by atoms with Gasteiger partial charge in [0.2, 0.25) is 5.91 Å². The van der Waals surface area contributed by atoms with Crippen molar-refractivity contribution in [1.82, 2.24) is 35.0 Å². The molecule has 0 radical (unpaired) electrons. The molecule has 136 valence electrons. The Kier molecular flexibility index (Phi) is 4.97. The topological polar surface area (TPSA) is 106 Å². The molecule has 2 N–H and O–H groups in total. The number of carbonyl (C=O) groups excluding carboxylic acids is 2. The monoisotopic (exact) mass is 355 g/mol. The summed E-state index contributed by atoms with van der Waals surface area (Å²) in [5, 5.41) is 14.0. The highest BCUT2D eigenvalue weighted by Crippen LogP contribution is 2.09. The van der Waals surface area contributed by atoms with Gasteiger partial charge < -0.3 is 10.6 Å². The van der Waals surface area contributed by atoms with Crippen LogP contribution in [0, 0.1) is 0 Å². The summed E-state index contributed by atoms with van der Waals surface area (Å²) in [4.78, 5) is 27.8. The van der Waals surface area contributed by atoms with Crippen LogP contribution in [0.1, 0.15) is 48.6 Å². The Morgan fingerprint density at radius 2 is 2.00 bits per heavy atom. The van der Waals surface area contributed by atoms with Crippen molar-refractivity contribution in [3.63, 3.8) is 0 Å². The molecule has 0 saturated heterocycles. The third-order valence-corrected chi connectivity index (χ3v) is 3.79. The predicted molar refractivity (Wildman–Crippen MR) is 94.3 cm³/mol. The van der Waals surface area contributed by atoms with E-state index in [1.165, 1.54) is 6.92 Å². The summed E-state index contributed by atoms with van der Waals surface area (Å²) in [7, 11) is 0. The van der Waals surface area contributed by atoms with Crippen molar-refractivity contribution in [2.45, 2.75) is 39.9 Å². The third-order valence-electron chi connectivity index (χ3n) is 3.79. The molecule has 0 bridgehead atoms. The van der Waals surface area contributed by atoms with Gasteiger partial charge in [-0.05, 0) is 31.5 Å². The van der Waals surface area contributed by atoms with Gasteiger partial charge in [-0.3, -0.25) is 14.3 Å². The maximum atomic E-state index is 12.4. The molecule has 0 aliphatic rings. The Bertz CT molecular complexity index is 942. The van der Waals surface area contributed by atoms with Crippen LogP contribution in [0.25, 0.3) is 5.65 Å². The molecule has 0 fully saturated rings. The first-order chi connectivity index (χ1) is 12.4. The lowest BCUT2D eigenvalue weighted by molar-refractivity contribution is -0.119. The summed E-state index contributed by atoms with van der Waals surface area (Å²) in [6.07, 6.45) is 5.05. The second-order valence-electron chi connectivity index (χ2n) is 6.25. The Morgan fingerprint density at radius 3 is 2.73 bits per heavy atom. The molecule has 26 heavy (non-hydrogen) atoms. The molecule has 0 spiro atoms. The lowest BCUT2D eigenvalue weighted by Crippen LogP contribution is -2.26. The van der Waals surface area contributed by atoms with Crippen molar-refractivity contribution in [2.24, 2.45) is 0 Å². The van der Waals surface area contributed by atoms with E-state index in [0.29, 0.717) is 23.6 Å². The van der Waals surface area contributed by atoms with Gasteiger partial charge in [0.1, 0.15) is 5.69 Å². The van der Waals surface area contributed by atoms with E-state index in [1.54, 1.807) is 33.9 Å². The number of fused-ring (bicyclic) bond motifs is 1. The molecule has 3 aromatic rings. The smallest absolute Gasteiger partial charge is 0.269 e. The second kappa shape index (κ2) is 7.34. The number of aromatic nitrogens is 5. The van der Waals surface area contributed by atoms with Gasteiger partial charge in [-0.2, -0.15) is 10.2 Å². The third kappa shape index (κ3) is 3.88. The number of hydrogen-bond donors (Lipinski definition) is 2. The summed E-state index contributed by atoms with van der Waals surface area (Å²) in [6, 6.07) is 3.64. The number of nitrogens with one attached hydrogen (secondary N) is 2. The maximum Gasteiger partial charge on any atom is 0.269 e. The quantitative estimate of drug-likeness (QED) is 0.688. The summed E-state index contributed by atoms with van der Waals surface area (Å²) in [5.41, 5.74) is 2.72. The van der Waals surface area contributed by atoms with Crippen molar-refractivity contribution < 1.29 is 9.59 Å². The highest BCUT2D eigenvalue weighted by atomic mass is 16.2. The highest BCUT2D eigenvalue weighted by molar-refractivity contribution is 5.92. The molecular formula is C17H21N7O2. The largest absolute Gasteiger partial charge is 0.352 e. The SMILES string of the molecule is CC(=O)NCc1cnn2cc(CNC(=O)c3ccnn3C(C)C)nc2c1. The minimum Gasteiger partial charge on any atom is -0.352 e. The van der Waals surface area contributed by atoms with Crippen molar-refractivity contribution >= 4 is 17.5 Å². The van der Waals surface area contributed by atoms with Gasteiger partial charge in [-0.25, -0.2) is 9.50 Å². The number of hydrogen-bond acceptors (Lipinski definition) is 5. The number of nitrogens with zero attached hydrogens (tertiary/aromatic N) is 5. The van der Waals surface area contributed by atoms with Crippen LogP contribution in [-0.2, 0) is 17.9 Å². The van der Waals surface area contributed by atoms with Gasteiger partial charge in [0.05, 0.1) is 24.6 Å². The van der Waals surface area contributed by atoms with Crippen LogP contribution >= 0.6 is 0 Å². The molecule has 0 unspecified atom stereocenters. The zero-order valence-electron chi connectivity index (χ0n) is 14.9. The van der Waals surface area contributed by atoms with E-state index >= 15 is 0 Å². The highest BCUT2D eigenvalue weighted by Gasteiger charge is 2.14. The fraction of sp³-hybridized carbons (Fsp3) is 0.353. The van der Waals surface area contributed by atoms with Gasteiger partial charge in [0.15, 0.2) is 5.65 Å². The number of rotatable bonds is 6. The molecule has 0 aliphatic heterocycles. The zero-order chi connectivity index (χ0) is 18.7. The Hall–Kier alpha value is -3.23. The first kappa shape index (κ1) is 17.6. The first-order valence-corrected chi connectivity index (χ1v) is 8.33. The van der Waals surface area contributed by atoms with Gasteiger partial charge >= 0.3 is 0 Å². The van der Waals surface area contributed by atoms with E-state index in [2.05, 4.69) is 25.8 Å². The van der Waals surface area contributed by atoms with Crippen LogP contribution in [-0.4, -0.2) is 36.2 Å². The molecule has 0 aliphatic carbocycles. The standard InChI is InChI=1S/C17H21N7O2/c1-11(2)24-15(4-5-20-24)17(26)19-9-14-10-23-16(22-14)6-13(8-21-23)7-18-12(3)25/h4-6,8,10-11H,7,9H2,1-3H3,(H,18,25)(H,19,26). The average Bonchev–Trinajstić information content (AvgIpc) is 3.23. The molecule has 0 saturated carbocycles. The molecule has 3 aromatic heterocycles. The molecule has 9 heteroatoms. The van der Waals surface area contributed by atoms with Crippen molar-refractivity contribution in [3.05, 3.63) is 47.7 Å². The van der Waals surface area contributed by atoms with Gasteiger partial charge in [0, 0.05) is 25.7 Å². The minimum absolute atomic E-state index is 0.0998. The second-order valence-corrected chi connectivity index (χ2v) is 6.25. The molecule has 0 atom stereocenters. The molecule has 9 nitrogen and oxygen atoms in total. The molecular weight excluding hydrogens is 334 g/mol. The van der Waals surface area contributed by atoms with E-state index in [1.807, 2.05) is 19.9 Å². The van der Waals surface area contributed by atoms with Crippen LogP contribution in [0.2, 0.25) is 0 Å². The summed E-state index contributed by atoms with van der Waals surface area (Å²) in [5.74, 6) is -0.301. The zero-order valence-corrected chi connectivity index (χ0v) is 14.9. The minimum atomic E-state index is -0.201. The maximum absolute atomic E-state index is 12.4. The van der Waals surface area contributed by atoms with E-state index < -0.39 is 0 Å². The summed E-state index contributed by atoms with van der Waals surface area (Å²) in [6.45, 7) is 6.09. The van der Waals surface area contributed by atoms with Crippen molar-refractivity contribution in [2.75, 3.05) is 0 Å².